The molecule has 0 saturated carbocycles. The average Bonchev–Trinajstić information content (AvgIpc) is 3.29. The van der Waals surface area contributed by atoms with Crippen LogP contribution in [0, 0.1) is 5.82 Å². The van der Waals surface area contributed by atoms with Gasteiger partial charge in [0.15, 0.2) is 6.61 Å². The Kier molecular flexibility index (Phi) is 4.99. The molecule has 6 nitrogen and oxygen atoms in total. The molecule has 1 aliphatic heterocycles. The maximum atomic E-state index is 13.3. The molecule has 0 aliphatic carbocycles. The first kappa shape index (κ1) is 19.4. The molecule has 3 aromatic carbocycles. The molecule has 1 amide bonds. The number of nitrogens with one attached hydrogen (secondary N) is 1. The Morgan fingerprint density at radius 2 is 1.84 bits per heavy atom. The maximum absolute atomic E-state index is 13.3. The highest BCUT2D eigenvalue weighted by Crippen LogP contribution is 2.31. The smallest absolute Gasteiger partial charge is 0.263 e. The molecule has 1 atom stereocenters. The molecule has 0 unspecified atom stereocenters. The second-order valence-corrected chi connectivity index (χ2v) is 8.69. The minimum absolute atomic E-state index is 0.190. The number of hydrogen-bond acceptors (Lipinski definition) is 4. The topological polar surface area (TPSA) is 73.2 Å². The van der Waals surface area contributed by atoms with Gasteiger partial charge in [0.2, 0.25) is 0 Å². The number of ether oxygens (including phenoxy) is 1. The number of fused-ring (bicyclic) bond motifs is 2. The SMILES string of the molecule is O=C(COc1ccc2ccccc2c1)Nc1c2c(nn1-c1ccc(F)cc1)C[S@@](=O)C2. The minimum Gasteiger partial charge on any atom is -0.484 e. The molecule has 0 radical (unpaired) electrons. The monoisotopic (exact) mass is 435 g/mol. The van der Waals surface area contributed by atoms with Gasteiger partial charge in [-0.1, -0.05) is 30.3 Å². The third-order valence-corrected chi connectivity index (χ3v) is 6.30. The predicted octanol–water partition coefficient (Wildman–Crippen LogP) is 3.94. The van der Waals surface area contributed by atoms with E-state index < -0.39 is 10.8 Å². The third-order valence-electron chi connectivity index (χ3n) is 5.09. The highest BCUT2D eigenvalue weighted by Gasteiger charge is 2.28. The van der Waals surface area contributed by atoms with Gasteiger partial charge in [0, 0.05) is 16.4 Å². The Balaban J connectivity index is 1.36. The predicted molar refractivity (Wildman–Crippen MR) is 117 cm³/mol. The van der Waals surface area contributed by atoms with E-state index in [4.69, 9.17) is 4.74 Å². The zero-order chi connectivity index (χ0) is 21.4. The zero-order valence-corrected chi connectivity index (χ0v) is 17.2. The van der Waals surface area contributed by atoms with Gasteiger partial charge in [-0.15, -0.1) is 0 Å². The van der Waals surface area contributed by atoms with Crippen molar-refractivity contribution in [3.63, 3.8) is 0 Å². The van der Waals surface area contributed by atoms with Gasteiger partial charge >= 0.3 is 0 Å². The number of benzene rings is 3. The fourth-order valence-electron chi connectivity index (χ4n) is 3.60. The van der Waals surface area contributed by atoms with E-state index in [9.17, 15) is 13.4 Å². The first-order valence-electron chi connectivity index (χ1n) is 9.70. The van der Waals surface area contributed by atoms with Crippen LogP contribution in [0.2, 0.25) is 0 Å². The summed E-state index contributed by atoms with van der Waals surface area (Å²) in [6.07, 6.45) is 0. The van der Waals surface area contributed by atoms with Gasteiger partial charge in [0.1, 0.15) is 17.4 Å². The van der Waals surface area contributed by atoms with E-state index in [1.165, 1.54) is 12.1 Å². The van der Waals surface area contributed by atoms with Gasteiger partial charge in [-0.3, -0.25) is 9.00 Å². The molecule has 2 heterocycles. The third kappa shape index (κ3) is 3.94. The van der Waals surface area contributed by atoms with Crippen LogP contribution < -0.4 is 10.1 Å². The molecule has 156 valence electrons. The van der Waals surface area contributed by atoms with E-state index in [-0.39, 0.29) is 18.3 Å². The van der Waals surface area contributed by atoms with Crippen molar-refractivity contribution in [3.8, 4) is 11.4 Å². The molecule has 8 heteroatoms. The number of carbonyl (C=O) groups is 1. The quantitative estimate of drug-likeness (QED) is 0.515. The first-order valence-corrected chi connectivity index (χ1v) is 11.2. The molecule has 0 spiro atoms. The standard InChI is InChI=1S/C23H18FN3O3S/c24-17-6-8-18(9-7-17)27-23(20-13-31(29)14-21(20)26-27)25-22(28)12-30-19-10-5-15-3-1-2-4-16(15)11-19/h1-11H,12-14H2,(H,25,28)/t31-/m0/s1. The second-order valence-electron chi connectivity index (χ2n) is 7.24. The molecule has 5 rings (SSSR count). The second kappa shape index (κ2) is 7.96. The number of halogens is 1. The van der Waals surface area contributed by atoms with Crippen molar-refractivity contribution in [2.24, 2.45) is 0 Å². The van der Waals surface area contributed by atoms with Crippen LogP contribution in [0.1, 0.15) is 11.3 Å². The summed E-state index contributed by atoms with van der Waals surface area (Å²) < 4.78 is 32.5. The Hall–Kier alpha value is -3.52. The van der Waals surface area contributed by atoms with Crippen LogP contribution in [-0.2, 0) is 27.1 Å². The lowest BCUT2D eigenvalue weighted by molar-refractivity contribution is -0.118. The van der Waals surface area contributed by atoms with Gasteiger partial charge in [0.05, 0.1) is 22.9 Å². The molecular weight excluding hydrogens is 417 g/mol. The van der Waals surface area contributed by atoms with E-state index in [1.807, 2.05) is 42.5 Å². The largest absolute Gasteiger partial charge is 0.484 e. The van der Waals surface area contributed by atoms with E-state index in [0.717, 1.165) is 16.3 Å². The summed E-state index contributed by atoms with van der Waals surface area (Å²) in [4.78, 5) is 12.7. The number of anilines is 1. The van der Waals surface area contributed by atoms with Crippen molar-refractivity contribution in [1.29, 1.82) is 0 Å². The Morgan fingerprint density at radius 1 is 1.06 bits per heavy atom. The number of rotatable bonds is 5. The van der Waals surface area contributed by atoms with E-state index >= 15 is 0 Å². The summed E-state index contributed by atoms with van der Waals surface area (Å²) in [6, 6.07) is 19.3. The lowest BCUT2D eigenvalue weighted by Gasteiger charge is -2.12. The Morgan fingerprint density at radius 3 is 2.65 bits per heavy atom. The highest BCUT2D eigenvalue weighted by molar-refractivity contribution is 7.83. The van der Waals surface area contributed by atoms with Crippen LogP contribution in [0.15, 0.2) is 66.7 Å². The van der Waals surface area contributed by atoms with Crippen LogP contribution in [0.4, 0.5) is 10.2 Å². The van der Waals surface area contributed by atoms with E-state index in [1.54, 1.807) is 16.8 Å². The molecule has 0 saturated heterocycles. The van der Waals surface area contributed by atoms with Crippen molar-refractivity contribution in [1.82, 2.24) is 9.78 Å². The normalized spacial score (nSPS) is 15.1. The van der Waals surface area contributed by atoms with Gasteiger partial charge in [-0.25, -0.2) is 9.07 Å². The molecule has 0 fully saturated rings. The number of carbonyl (C=O) groups excluding carboxylic acids is 1. The van der Waals surface area contributed by atoms with Crippen molar-refractivity contribution >= 4 is 33.3 Å². The lowest BCUT2D eigenvalue weighted by Crippen LogP contribution is -2.22. The highest BCUT2D eigenvalue weighted by atomic mass is 32.2. The van der Waals surface area contributed by atoms with Crippen LogP contribution >= 0.6 is 0 Å². The number of nitrogens with zero attached hydrogens (tertiary/aromatic N) is 2. The lowest BCUT2D eigenvalue weighted by atomic mass is 10.1. The number of aromatic nitrogens is 2. The van der Waals surface area contributed by atoms with Crippen LogP contribution in [-0.4, -0.2) is 26.5 Å². The fraction of sp³-hybridized carbons (Fsp3) is 0.130. The van der Waals surface area contributed by atoms with Crippen LogP contribution in [0.25, 0.3) is 16.5 Å². The summed E-state index contributed by atoms with van der Waals surface area (Å²) in [5.41, 5.74) is 2.02. The Labute approximate surface area is 180 Å². The molecule has 4 aromatic rings. The van der Waals surface area contributed by atoms with Gasteiger partial charge in [-0.2, -0.15) is 5.10 Å². The van der Waals surface area contributed by atoms with Gasteiger partial charge < -0.3 is 10.1 Å². The Bertz CT molecular complexity index is 1320. The summed E-state index contributed by atoms with van der Waals surface area (Å²) >= 11 is 0. The molecule has 0 bridgehead atoms. The first-order chi connectivity index (χ1) is 15.1. The van der Waals surface area contributed by atoms with E-state index in [2.05, 4.69) is 10.4 Å². The van der Waals surface area contributed by atoms with Crippen LogP contribution in [0.3, 0.4) is 0 Å². The van der Waals surface area contributed by atoms with Gasteiger partial charge in [0.25, 0.3) is 5.91 Å². The number of amides is 1. The molecule has 31 heavy (non-hydrogen) atoms. The van der Waals surface area contributed by atoms with Crippen LogP contribution in [0.5, 0.6) is 5.75 Å². The summed E-state index contributed by atoms with van der Waals surface area (Å²) in [7, 11) is -1.05. The van der Waals surface area contributed by atoms with Gasteiger partial charge in [-0.05, 0) is 47.2 Å². The summed E-state index contributed by atoms with van der Waals surface area (Å²) in [5.74, 6) is 0.958. The molecule has 1 aromatic heterocycles. The zero-order valence-electron chi connectivity index (χ0n) is 16.4. The van der Waals surface area contributed by atoms with Crippen molar-refractivity contribution in [2.45, 2.75) is 11.5 Å². The molecule has 1 N–H and O–H groups in total. The maximum Gasteiger partial charge on any atom is 0.263 e. The minimum atomic E-state index is -1.05. The van der Waals surface area contributed by atoms with Crippen molar-refractivity contribution < 1.29 is 18.1 Å². The average molecular weight is 435 g/mol. The van der Waals surface area contributed by atoms with Crippen molar-refractivity contribution in [2.75, 3.05) is 11.9 Å². The van der Waals surface area contributed by atoms with Crippen molar-refractivity contribution in [3.05, 3.63) is 83.8 Å². The van der Waals surface area contributed by atoms with E-state index in [0.29, 0.717) is 34.5 Å². The summed E-state index contributed by atoms with van der Waals surface area (Å²) in [5, 5.41) is 9.44. The summed E-state index contributed by atoms with van der Waals surface area (Å²) in [6.45, 7) is -0.190. The molecule has 1 aliphatic rings. The molecular formula is C23H18FN3O3S. The number of hydrogen-bond donors (Lipinski definition) is 1. The fourth-order valence-corrected chi connectivity index (χ4v) is 4.86.